The summed E-state index contributed by atoms with van der Waals surface area (Å²) in [4.78, 5) is 18.3. The number of ether oxygens (including phenoxy) is 2. The van der Waals surface area contributed by atoms with Crippen molar-refractivity contribution in [3.05, 3.63) is 48.0 Å². The van der Waals surface area contributed by atoms with Crippen molar-refractivity contribution in [2.75, 3.05) is 51.0 Å². The van der Waals surface area contributed by atoms with E-state index in [0.29, 0.717) is 30.8 Å². The summed E-state index contributed by atoms with van der Waals surface area (Å²) in [5, 5.41) is 22.1. The highest BCUT2D eigenvalue weighted by molar-refractivity contribution is 6.01. The Balaban J connectivity index is 1.09. The molecule has 1 amide bonds. The second-order valence-electron chi connectivity index (χ2n) is 12.0. The number of benzene rings is 2. The maximum absolute atomic E-state index is 13.4. The van der Waals surface area contributed by atoms with Crippen LogP contribution in [0.1, 0.15) is 48.9 Å². The van der Waals surface area contributed by atoms with Gasteiger partial charge in [-0.1, -0.05) is 12.1 Å². The number of amides is 1. The topological polar surface area (TPSA) is 103 Å². The Labute approximate surface area is 234 Å². The minimum absolute atomic E-state index is 0.0784. The van der Waals surface area contributed by atoms with Gasteiger partial charge in [0.15, 0.2) is 0 Å². The van der Waals surface area contributed by atoms with Crippen LogP contribution in [0.2, 0.25) is 0 Å². The largest absolute Gasteiger partial charge is 0.393 e. The number of H-pyrrole nitrogens is 1. The Morgan fingerprint density at radius 3 is 2.55 bits per heavy atom. The summed E-state index contributed by atoms with van der Waals surface area (Å²) in [5.74, 6) is -0.0784. The molecule has 3 N–H and O–H groups in total. The number of morpholine rings is 1. The number of hydrogen-bond acceptors (Lipinski definition) is 7. The molecule has 1 aromatic heterocycles. The number of carbonyl (C=O) groups excluding carboxylic acids is 1. The van der Waals surface area contributed by atoms with Gasteiger partial charge in [0.25, 0.3) is 5.91 Å². The van der Waals surface area contributed by atoms with E-state index in [1.165, 1.54) is 5.69 Å². The molecule has 0 aliphatic carbocycles. The van der Waals surface area contributed by atoms with E-state index in [1.807, 2.05) is 18.2 Å². The number of fused-ring (bicyclic) bond motifs is 3. The maximum Gasteiger partial charge on any atom is 0.251 e. The molecule has 0 saturated carbocycles. The average molecular weight is 546 g/mol. The van der Waals surface area contributed by atoms with Crippen molar-refractivity contribution < 1.29 is 19.4 Å². The molecule has 2 bridgehead atoms. The van der Waals surface area contributed by atoms with Gasteiger partial charge in [-0.05, 0) is 68.9 Å². The van der Waals surface area contributed by atoms with Crippen molar-refractivity contribution in [2.45, 2.75) is 62.3 Å². The number of hydrogen-bond donors (Lipinski definition) is 3. The van der Waals surface area contributed by atoms with E-state index in [0.717, 1.165) is 93.6 Å². The fourth-order valence-electron chi connectivity index (χ4n) is 7.46. The predicted molar refractivity (Wildman–Crippen MR) is 154 cm³/mol. The van der Waals surface area contributed by atoms with Gasteiger partial charge < -0.3 is 24.8 Å². The summed E-state index contributed by atoms with van der Waals surface area (Å²) in [6, 6.07) is 15.2. The van der Waals surface area contributed by atoms with Crippen molar-refractivity contribution in [2.24, 2.45) is 0 Å². The van der Waals surface area contributed by atoms with Crippen LogP contribution in [-0.2, 0) is 9.47 Å². The zero-order valence-corrected chi connectivity index (χ0v) is 23.0. The monoisotopic (exact) mass is 545 g/mol. The van der Waals surface area contributed by atoms with Crippen LogP contribution in [0.25, 0.3) is 22.2 Å². The molecule has 212 valence electrons. The van der Waals surface area contributed by atoms with E-state index in [4.69, 9.17) is 9.47 Å². The highest BCUT2D eigenvalue weighted by Crippen LogP contribution is 2.40. The first kappa shape index (κ1) is 26.0. The first-order valence-electron chi connectivity index (χ1n) is 14.8. The van der Waals surface area contributed by atoms with Crippen LogP contribution >= 0.6 is 0 Å². The molecule has 4 aliphatic heterocycles. The van der Waals surface area contributed by atoms with Crippen LogP contribution in [0.15, 0.2) is 42.5 Å². The highest BCUT2D eigenvalue weighted by Gasteiger charge is 2.41. The Kier molecular flexibility index (Phi) is 6.99. The van der Waals surface area contributed by atoms with Crippen LogP contribution in [-0.4, -0.2) is 95.9 Å². The van der Waals surface area contributed by atoms with E-state index >= 15 is 0 Å². The normalized spacial score (nSPS) is 29.1. The molecule has 9 heteroatoms. The molecular weight excluding hydrogens is 506 g/mol. The Morgan fingerprint density at radius 2 is 1.82 bits per heavy atom. The minimum Gasteiger partial charge on any atom is -0.393 e. The molecule has 5 heterocycles. The van der Waals surface area contributed by atoms with Gasteiger partial charge in [-0.25, -0.2) is 0 Å². The van der Waals surface area contributed by atoms with Gasteiger partial charge >= 0.3 is 0 Å². The molecule has 9 nitrogen and oxygen atoms in total. The van der Waals surface area contributed by atoms with Crippen molar-refractivity contribution >= 4 is 22.5 Å². The molecule has 4 fully saturated rings. The molecule has 40 heavy (non-hydrogen) atoms. The van der Waals surface area contributed by atoms with Crippen LogP contribution in [0.3, 0.4) is 0 Å². The quantitative estimate of drug-likeness (QED) is 0.437. The lowest BCUT2D eigenvalue weighted by Gasteiger charge is -2.47. The molecule has 4 saturated heterocycles. The Bertz CT molecular complexity index is 1330. The molecule has 3 unspecified atom stereocenters. The number of aliphatic hydroxyl groups excluding tert-OH is 1. The molecule has 4 aliphatic rings. The van der Waals surface area contributed by atoms with Gasteiger partial charge in [0.05, 0.1) is 42.7 Å². The SMILES string of the molecule is O=C(NCC1(N2CCOCC2)CCCOC1)c1ccc2[nH]nc(-c3ccc(N4C5CCC4CC(O)C5)cc3)c2c1. The van der Waals surface area contributed by atoms with E-state index in [-0.39, 0.29) is 17.6 Å². The molecule has 0 spiro atoms. The number of aromatic nitrogens is 2. The molecular formula is C31H39N5O4. The third-order valence-electron chi connectivity index (χ3n) is 9.53. The van der Waals surface area contributed by atoms with Gasteiger partial charge in [0.2, 0.25) is 0 Å². The van der Waals surface area contributed by atoms with E-state index < -0.39 is 0 Å². The van der Waals surface area contributed by atoms with Crippen molar-refractivity contribution in [3.63, 3.8) is 0 Å². The molecule has 0 radical (unpaired) electrons. The van der Waals surface area contributed by atoms with Crippen LogP contribution in [0.4, 0.5) is 5.69 Å². The van der Waals surface area contributed by atoms with Crippen molar-refractivity contribution in [3.8, 4) is 11.3 Å². The lowest BCUT2D eigenvalue weighted by molar-refractivity contribution is -0.0840. The van der Waals surface area contributed by atoms with Gasteiger partial charge in [0.1, 0.15) is 0 Å². The Hall–Kier alpha value is -2.98. The zero-order valence-electron chi connectivity index (χ0n) is 23.0. The second kappa shape index (κ2) is 10.8. The molecule has 7 rings (SSSR count). The number of anilines is 1. The number of piperidine rings is 1. The summed E-state index contributed by atoms with van der Waals surface area (Å²) in [7, 11) is 0. The van der Waals surface area contributed by atoms with E-state index in [9.17, 15) is 9.90 Å². The number of nitrogens with zero attached hydrogens (tertiary/aromatic N) is 3. The molecule has 3 atom stereocenters. The van der Waals surface area contributed by atoms with Crippen molar-refractivity contribution in [1.29, 1.82) is 0 Å². The Morgan fingerprint density at radius 1 is 1.05 bits per heavy atom. The number of nitrogens with one attached hydrogen (secondary N) is 2. The number of aliphatic hydroxyl groups is 1. The first-order valence-corrected chi connectivity index (χ1v) is 14.8. The zero-order chi connectivity index (χ0) is 27.1. The van der Waals surface area contributed by atoms with E-state index in [2.05, 4.69) is 49.6 Å². The second-order valence-corrected chi connectivity index (χ2v) is 12.0. The number of rotatable bonds is 6. The maximum atomic E-state index is 13.4. The first-order chi connectivity index (χ1) is 19.6. The molecule has 3 aromatic rings. The minimum atomic E-state index is -0.184. The van der Waals surface area contributed by atoms with Gasteiger partial charge in [-0.15, -0.1) is 0 Å². The smallest absolute Gasteiger partial charge is 0.251 e. The summed E-state index contributed by atoms with van der Waals surface area (Å²) in [6.45, 7) is 5.14. The summed E-state index contributed by atoms with van der Waals surface area (Å²) < 4.78 is 11.5. The van der Waals surface area contributed by atoms with Gasteiger partial charge in [-0.2, -0.15) is 5.10 Å². The number of aromatic amines is 1. The third kappa shape index (κ3) is 4.79. The van der Waals surface area contributed by atoms with Crippen LogP contribution < -0.4 is 10.2 Å². The lowest BCUT2D eigenvalue weighted by Crippen LogP contribution is -2.62. The average Bonchev–Trinajstić information content (AvgIpc) is 3.55. The summed E-state index contributed by atoms with van der Waals surface area (Å²) in [5.41, 5.74) is 4.43. The number of carbonyl (C=O) groups is 1. The summed E-state index contributed by atoms with van der Waals surface area (Å²) in [6.07, 6.45) is 5.85. The van der Waals surface area contributed by atoms with Crippen LogP contribution in [0, 0.1) is 0 Å². The van der Waals surface area contributed by atoms with Gasteiger partial charge in [-0.3, -0.25) is 14.8 Å². The fourth-order valence-corrected chi connectivity index (χ4v) is 7.46. The predicted octanol–water partition coefficient (Wildman–Crippen LogP) is 3.33. The lowest BCUT2D eigenvalue weighted by atomic mass is 9.89. The summed E-state index contributed by atoms with van der Waals surface area (Å²) >= 11 is 0. The fraction of sp³-hybridized carbons (Fsp3) is 0.548. The van der Waals surface area contributed by atoms with E-state index in [1.54, 1.807) is 0 Å². The standard InChI is InChI=1S/C31H39N5O4/c37-26-17-24-7-8-25(18-26)36(24)23-5-2-21(3-6-23)29-27-16-22(4-9-28(27)33-34-29)30(38)32-19-31(10-1-13-40-20-31)35-11-14-39-15-12-35/h2-6,9,16,24-26,37H,1,7-8,10-15,17-20H2,(H,32,38)(H,33,34). The third-order valence-corrected chi connectivity index (χ3v) is 9.53. The highest BCUT2D eigenvalue weighted by atomic mass is 16.5. The van der Waals surface area contributed by atoms with Crippen molar-refractivity contribution in [1.82, 2.24) is 20.4 Å². The molecule has 2 aromatic carbocycles. The van der Waals surface area contributed by atoms with Gasteiger partial charge in [0, 0.05) is 60.5 Å². The van der Waals surface area contributed by atoms with Crippen LogP contribution in [0.5, 0.6) is 0 Å².